The fraction of sp³-hybridized carbons (Fsp3) is 0.385. The Hall–Kier alpha value is -1.84. The van der Waals surface area contributed by atoms with Gasteiger partial charge in [0.1, 0.15) is 11.5 Å². The standard InChI is InChI=1S/C13H16O4/c1-3-16-13(15)9-17-12-6-4-5-11(8-12)7-10(2)14/h4-6,8H,3,7,9H2,1-2H3. The predicted octanol–water partition coefficient (Wildman–Crippen LogP) is 1.76. The van der Waals surface area contributed by atoms with Gasteiger partial charge in [0, 0.05) is 6.42 Å². The molecule has 0 spiro atoms. The maximum atomic E-state index is 11.1. The van der Waals surface area contributed by atoms with Crippen LogP contribution in [0.4, 0.5) is 0 Å². The first kappa shape index (κ1) is 13.2. The second kappa shape index (κ2) is 6.68. The quantitative estimate of drug-likeness (QED) is 0.706. The van der Waals surface area contributed by atoms with Crippen molar-refractivity contribution in [2.45, 2.75) is 20.3 Å². The number of ketones is 1. The Morgan fingerprint density at radius 3 is 2.71 bits per heavy atom. The number of hydrogen-bond donors (Lipinski definition) is 0. The van der Waals surface area contributed by atoms with Crippen molar-refractivity contribution in [1.82, 2.24) is 0 Å². The van der Waals surface area contributed by atoms with E-state index in [1.165, 1.54) is 6.92 Å². The van der Waals surface area contributed by atoms with E-state index in [1.54, 1.807) is 25.1 Å². The summed E-state index contributed by atoms with van der Waals surface area (Å²) in [6.45, 7) is 3.50. The van der Waals surface area contributed by atoms with E-state index in [2.05, 4.69) is 0 Å². The van der Waals surface area contributed by atoms with Crippen LogP contribution in [0.25, 0.3) is 0 Å². The van der Waals surface area contributed by atoms with Crippen LogP contribution in [0.3, 0.4) is 0 Å². The molecule has 92 valence electrons. The maximum absolute atomic E-state index is 11.1. The summed E-state index contributed by atoms with van der Waals surface area (Å²) in [5, 5.41) is 0. The molecule has 0 saturated heterocycles. The molecule has 0 N–H and O–H groups in total. The van der Waals surface area contributed by atoms with Crippen molar-refractivity contribution in [3.05, 3.63) is 29.8 Å². The van der Waals surface area contributed by atoms with Crippen LogP contribution in [0.5, 0.6) is 5.75 Å². The van der Waals surface area contributed by atoms with Crippen LogP contribution in [0.2, 0.25) is 0 Å². The van der Waals surface area contributed by atoms with Gasteiger partial charge in [-0.2, -0.15) is 0 Å². The highest BCUT2D eigenvalue weighted by atomic mass is 16.6. The zero-order valence-corrected chi connectivity index (χ0v) is 10.1. The third kappa shape index (κ3) is 5.15. The zero-order chi connectivity index (χ0) is 12.7. The van der Waals surface area contributed by atoms with Crippen LogP contribution >= 0.6 is 0 Å². The molecular formula is C13H16O4. The highest BCUT2D eigenvalue weighted by Crippen LogP contribution is 2.14. The smallest absolute Gasteiger partial charge is 0.344 e. The van der Waals surface area contributed by atoms with Gasteiger partial charge in [-0.15, -0.1) is 0 Å². The van der Waals surface area contributed by atoms with Crippen molar-refractivity contribution >= 4 is 11.8 Å². The topological polar surface area (TPSA) is 52.6 Å². The summed E-state index contributed by atoms with van der Waals surface area (Å²) in [6, 6.07) is 7.13. The van der Waals surface area contributed by atoms with E-state index in [-0.39, 0.29) is 12.4 Å². The van der Waals surface area contributed by atoms with E-state index >= 15 is 0 Å². The highest BCUT2D eigenvalue weighted by molar-refractivity contribution is 5.78. The lowest BCUT2D eigenvalue weighted by Gasteiger charge is -2.06. The molecule has 4 heteroatoms. The van der Waals surface area contributed by atoms with Crippen LogP contribution in [-0.2, 0) is 20.7 Å². The van der Waals surface area contributed by atoms with Crippen LogP contribution in [-0.4, -0.2) is 25.0 Å². The van der Waals surface area contributed by atoms with Gasteiger partial charge in [-0.3, -0.25) is 4.79 Å². The number of carbonyl (C=O) groups excluding carboxylic acids is 2. The van der Waals surface area contributed by atoms with Crippen molar-refractivity contribution in [2.75, 3.05) is 13.2 Å². The Morgan fingerprint density at radius 2 is 2.06 bits per heavy atom. The first-order valence-electron chi connectivity index (χ1n) is 5.48. The average Bonchev–Trinajstić information content (AvgIpc) is 2.26. The summed E-state index contributed by atoms with van der Waals surface area (Å²) < 4.78 is 10.00. The molecule has 17 heavy (non-hydrogen) atoms. The molecule has 0 aliphatic rings. The molecule has 0 aliphatic heterocycles. The van der Waals surface area contributed by atoms with Gasteiger partial charge in [0.2, 0.25) is 0 Å². The van der Waals surface area contributed by atoms with Crippen molar-refractivity contribution in [3.63, 3.8) is 0 Å². The highest BCUT2D eigenvalue weighted by Gasteiger charge is 2.04. The van der Waals surface area contributed by atoms with Crippen molar-refractivity contribution in [2.24, 2.45) is 0 Å². The van der Waals surface area contributed by atoms with E-state index in [0.29, 0.717) is 18.8 Å². The first-order valence-corrected chi connectivity index (χ1v) is 5.48. The van der Waals surface area contributed by atoms with E-state index in [0.717, 1.165) is 5.56 Å². The number of hydrogen-bond acceptors (Lipinski definition) is 4. The zero-order valence-electron chi connectivity index (χ0n) is 10.1. The summed E-state index contributed by atoms with van der Waals surface area (Å²) in [7, 11) is 0. The molecule has 0 bridgehead atoms. The van der Waals surface area contributed by atoms with Crippen molar-refractivity contribution < 1.29 is 19.1 Å². The normalized spacial score (nSPS) is 9.76. The molecule has 0 radical (unpaired) electrons. The largest absolute Gasteiger partial charge is 0.482 e. The van der Waals surface area contributed by atoms with Crippen LogP contribution < -0.4 is 4.74 Å². The molecule has 0 heterocycles. The molecule has 0 amide bonds. The minimum atomic E-state index is -0.399. The monoisotopic (exact) mass is 236 g/mol. The molecule has 1 rings (SSSR count). The molecule has 0 aromatic heterocycles. The van der Waals surface area contributed by atoms with Gasteiger partial charge in [0.15, 0.2) is 6.61 Å². The Labute approximate surface area is 101 Å². The van der Waals surface area contributed by atoms with E-state index in [9.17, 15) is 9.59 Å². The molecule has 0 aliphatic carbocycles. The number of carbonyl (C=O) groups is 2. The minimum Gasteiger partial charge on any atom is -0.482 e. The minimum absolute atomic E-state index is 0.0903. The molecule has 0 unspecified atom stereocenters. The van der Waals surface area contributed by atoms with Gasteiger partial charge in [-0.05, 0) is 31.5 Å². The molecule has 0 fully saturated rings. The Morgan fingerprint density at radius 1 is 1.29 bits per heavy atom. The van der Waals surface area contributed by atoms with Crippen LogP contribution in [0.1, 0.15) is 19.4 Å². The van der Waals surface area contributed by atoms with E-state index < -0.39 is 5.97 Å². The average molecular weight is 236 g/mol. The van der Waals surface area contributed by atoms with Gasteiger partial charge < -0.3 is 9.47 Å². The second-order valence-electron chi connectivity index (χ2n) is 3.62. The number of benzene rings is 1. The van der Waals surface area contributed by atoms with Crippen molar-refractivity contribution in [1.29, 1.82) is 0 Å². The number of Topliss-reactive ketones (excluding diaryl/α,β-unsaturated/α-hetero) is 1. The number of rotatable bonds is 6. The molecule has 1 aromatic rings. The fourth-order valence-electron chi connectivity index (χ4n) is 1.38. The third-order valence-electron chi connectivity index (χ3n) is 2.01. The number of esters is 1. The first-order chi connectivity index (χ1) is 8.11. The summed E-state index contributed by atoms with van der Waals surface area (Å²) in [6.07, 6.45) is 0.372. The van der Waals surface area contributed by atoms with Crippen LogP contribution in [0, 0.1) is 0 Å². The van der Waals surface area contributed by atoms with Gasteiger partial charge in [0.25, 0.3) is 0 Å². The lowest BCUT2D eigenvalue weighted by Crippen LogP contribution is -2.14. The predicted molar refractivity (Wildman–Crippen MR) is 63.0 cm³/mol. The summed E-state index contributed by atoms with van der Waals surface area (Å²) >= 11 is 0. The molecule has 0 atom stereocenters. The third-order valence-corrected chi connectivity index (χ3v) is 2.01. The van der Waals surface area contributed by atoms with Crippen molar-refractivity contribution in [3.8, 4) is 5.75 Å². The van der Waals surface area contributed by atoms with Gasteiger partial charge in [-0.25, -0.2) is 4.79 Å². The molecule has 1 aromatic carbocycles. The number of ether oxygens (including phenoxy) is 2. The van der Waals surface area contributed by atoms with Gasteiger partial charge in [0.05, 0.1) is 6.61 Å². The SMILES string of the molecule is CCOC(=O)COc1cccc(CC(C)=O)c1. The Kier molecular flexibility index (Phi) is 5.20. The summed E-state index contributed by atoms with van der Waals surface area (Å²) in [5.41, 5.74) is 0.874. The van der Waals surface area contributed by atoms with Crippen LogP contribution in [0.15, 0.2) is 24.3 Å². The lowest BCUT2D eigenvalue weighted by molar-refractivity contribution is -0.145. The lowest BCUT2D eigenvalue weighted by atomic mass is 10.1. The fourth-order valence-corrected chi connectivity index (χ4v) is 1.38. The van der Waals surface area contributed by atoms with Gasteiger partial charge >= 0.3 is 5.97 Å². The molecular weight excluding hydrogens is 220 g/mol. The summed E-state index contributed by atoms with van der Waals surface area (Å²) in [4.78, 5) is 22.0. The Bertz CT molecular complexity index is 398. The van der Waals surface area contributed by atoms with Gasteiger partial charge in [-0.1, -0.05) is 12.1 Å². The summed E-state index contributed by atoms with van der Waals surface area (Å²) in [5.74, 6) is 0.258. The maximum Gasteiger partial charge on any atom is 0.344 e. The van der Waals surface area contributed by atoms with E-state index in [1.807, 2.05) is 6.07 Å². The second-order valence-corrected chi connectivity index (χ2v) is 3.62. The molecule has 4 nitrogen and oxygen atoms in total. The van der Waals surface area contributed by atoms with E-state index in [4.69, 9.17) is 9.47 Å². The molecule has 0 saturated carbocycles. The Balaban J connectivity index is 2.53.